The number of carboxylic acid groups (broad SMARTS) is 1. The smallest absolute Gasteiger partial charge is 0.415 e. The predicted octanol–water partition coefficient (Wildman–Crippen LogP) is 1.45. The molecule has 0 bridgehead atoms. The van der Waals surface area contributed by atoms with Gasteiger partial charge in [0, 0.05) is 18.0 Å². The van der Waals surface area contributed by atoms with E-state index >= 15 is 0 Å². The molecule has 0 radical (unpaired) electrons. The van der Waals surface area contributed by atoms with Crippen LogP contribution in [0.15, 0.2) is 17.3 Å². The zero-order chi connectivity index (χ0) is 9.42. The van der Waals surface area contributed by atoms with Gasteiger partial charge in [-0.3, -0.25) is 4.99 Å². The van der Waals surface area contributed by atoms with Crippen LogP contribution in [0, 0.1) is 0 Å². The lowest BCUT2D eigenvalue weighted by atomic mass is 10.3. The Hall–Kier alpha value is -1.49. The fraction of sp³-hybridized carbons (Fsp3) is 0.143. The topological polar surface area (TPSA) is 68.7 Å². The summed E-state index contributed by atoms with van der Waals surface area (Å²) < 4.78 is 0. The molecule has 2 heterocycles. The van der Waals surface area contributed by atoms with Crippen LogP contribution >= 0.6 is 11.6 Å². The quantitative estimate of drug-likeness (QED) is 0.491. The number of halogens is 1. The van der Waals surface area contributed by atoms with Crippen LogP contribution in [0.5, 0.6) is 0 Å². The number of anilines is 1. The number of amides is 1. The number of H-pyrrole nitrogens is 1. The molecule has 2 rings (SSSR count). The molecule has 1 aromatic heterocycles. The third-order valence-electron chi connectivity index (χ3n) is 1.75. The van der Waals surface area contributed by atoms with E-state index in [0.29, 0.717) is 5.82 Å². The molecule has 0 fully saturated rings. The molecule has 1 aliphatic rings. The maximum absolute atomic E-state index is 10.8. The number of rotatable bonds is 0. The lowest BCUT2D eigenvalue weighted by molar-refractivity contribution is 0.201. The van der Waals surface area contributed by atoms with Gasteiger partial charge in [-0.1, -0.05) is 11.6 Å². The van der Waals surface area contributed by atoms with Gasteiger partial charge in [-0.05, 0) is 6.07 Å². The summed E-state index contributed by atoms with van der Waals surface area (Å²) in [5.41, 5.74) is -0.164. The lowest BCUT2D eigenvalue weighted by Crippen LogP contribution is -2.37. The van der Waals surface area contributed by atoms with Crippen LogP contribution < -0.4 is 4.90 Å². The minimum absolute atomic E-state index is 0.461. The van der Waals surface area contributed by atoms with Crippen molar-refractivity contribution in [3.63, 3.8) is 0 Å². The molecule has 1 aromatic rings. The predicted molar refractivity (Wildman–Crippen MR) is 48.5 cm³/mol. The molecule has 1 atom stereocenters. The maximum Gasteiger partial charge on any atom is 0.415 e. The van der Waals surface area contributed by atoms with Gasteiger partial charge in [-0.15, -0.1) is 0 Å². The number of alkyl halides is 1. The first-order valence-corrected chi connectivity index (χ1v) is 4.00. The Kier molecular flexibility index (Phi) is 1.73. The summed E-state index contributed by atoms with van der Waals surface area (Å²) in [5.74, 6) is 0.461. The first kappa shape index (κ1) is 8.12. The molecule has 1 unspecified atom stereocenters. The highest BCUT2D eigenvalue weighted by atomic mass is 35.5. The summed E-state index contributed by atoms with van der Waals surface area (Å²) in [6.07, 6.45) is 2.06. The fourth-order valence-corrected chi connectivity index (χ4v) is 1.42. The first-order chi connectivity index (χ1) is 6.20. The van der Waals surface area contributed by atoms with Crippen molar-refractivity contribution < 1.29 is 9.90 Å². The SMILES string of the molecule is O=C(O)N1c2[nH]ccc2C=NC1Cl. The number of aromatic amines is 1. The van der Waals surface area contributed by atoms with Crippen LogP contribution in [0.3, 0.4) is 0 Å². The minimum atomic E-state index is -1.12. The molecule has 0 spiro atoms. The van der Waals surface area contributed by atoms with E-state index in [2.05, 4.69) is 9.98 Å². The van der Waals surface area contributed by atoms with E-state index in [4.69, 9.17) is 16.7 Å². The van der Waals surface area contributed by atoms with E-state index in [9.17, 15) is 4.79 Å². The van der Waals surface area contributed by atoms with Crippen molar-refractivity contribution in [2.24, 2.45) is 4.99 Å². The van der Waals surface area contributed by atoms with Gasteiger partial charge in [0.2, 0.25) is 5.62 Å². The van der Waals surface area contributed by atoms with E-state index < -0.39 is 11.7 Å². The van der Waals surface area contributed by atoms with E-state index in [1.807, 2.05) is 0 Å². The summed E-state index contributed by atoms with van der Waals surface area (Å²) in [5, 5.41) is 8.82. The second kappa shape index (κ2) is 2.77. The van der Waals surface area contributed by atoms with Crippen molar-refractivity contribution in [1.82, 2.24) is 4.98 Å². The summed E-state index contributed by atoms with van der Waals surface area (Å²) >= 11 is 5.69. The van der Waals surface area contributed by atoms with Crippen LogP contribution in [-0.2, 0) is 0 Å². The molecule has 6 heteroatoms. The Morgan fingerprint density at radius 1 is 1.77 bits per heavy atom. The Balaban J connectivity index is 2.49. The van der Waals surface area contributed by atoms with Crippen LogP contribution in [-0.4, -0.2) is 28.0 Å². The lowest BCUT2D eigenvalue weighted by Gasteiger charge is -2.23. The number of hydrogen-bond acceptors (Lipinski definition) is 2. The molecule has 68 valence electrons. The van der Waals surface area contributed by atoms with E-state index in [0.717, 1.165) is 10.5 Å². The number of aliphatic imine (C=N–C) groups is 1. The molecule has 1 amide bonds. The molecule has 13 heavy (non-hydrogen) atoms. The minimum Gasteiger partial charge on any atom is -0.465 e. The Bertz CT molecular complexity index is 374. The van der Waals surface area contributed by atoms with Crippen LogP contribution in [0.25, 0.3) is 0 Å². The number of hydrogen-bond donors (Lipinski definition) is 2. The largest absolute Gasteiger partial charge is 0.465 e. The van der Waals surface area contributed by atoms with E-state index in [1.165, 1.54) is 0 Å². The van der Waals surface area contributed by atoms with Crippen molar-refractivity contribution in [2.75, 3.05) is 4.90 Å². The fourth-order valence-electron chi connectivity index (χ4n) is 1.19. The summed E-state index contributed by atoms with van der Waals surface area (Å²) in [4.78, 5) is 18.3. The third-order valence-corrected chi connectivity index (χ3v) is 2.06. The zero-order valence-electron chi connectivity index (χ0n) is 6.44. The zero-order valence-corrected chi connectivity index (χ0v) is 7.19. The molecular weight excluding hydrogens is 194 g/mol. The monoisotopic (exact) mass is 199 g/mol. The van der Waals surface area contributed by atoms with Crippen LogP contribution in [0.4, 0.5) is 10.6 Å². The normalized spacial score (nSPS) is 20.1. The van der Waals surface area contributed by atoms with Gasteiger partial charge in [-0.25, -0.2) is 9.69 Å². The van der Waals surface area contributed by atoms with E-state index in [1.54, 1.807) is 18.5 Å². The highest BCUT2D eigenvalue weighted by Gasteiger charge is 2.28. The van der Waals surface area contributed by atoms with Gasteiger partial charge >= 0.3 is 6.09 Å². The summed E-state index contributed by atoms with van der Waals surface area (Å²) in [7, 11) is 0. The van der Waals surface area contributed by atoms with Crippen LogP contribution in [0.1, 0.15) is 5.56 Å². The third kappa shape index (κ3) is 1.17. The highest BCUT2D eigenvalue weighted by Crippen LogP contribution is 2.25. The molecule has 0 aromatic carbocycles. The number of fused-ring (bicyclic) bond motifs is 1. The van der Waals surface area contributed by atoms with Crippen molar-refractivity contribution in [3.05, 3.63) is 17.8 Å². The standard InChI is InChI=1S/C7H6ClN3O2/c8-6-10-3-4-1-2-9-5(4)11(6)7(12)13/h1-3,6,9H,(H,12,13). The second-order valence-electron chi connectivity index (χ2n) is 2.52. The molecule has 0 saturated heterocycles. The van der Waals surface area contributed by atoms with Gasteiger partial charge in [0.1, 0.15) is 5.82 Å². The molecule has 0 saturated carbocycles. The van der Waals surface area contributed by atoms with Gasteiger partial charge in [0.05, 0.1) is 0 Å². The van der Waals surface area contributed by atoms with Crippen LogP contribution in [0.2, 0.25) is 0 Å². The number of aromatic nitrogens is 1. The molecular formula is C7H6ClN3O2. The van der Waals surface area contributed by atoms with Gasteiger partial charge in [-0.2, -0.15) is 0 Å². The van der Waals surface area contributed by atoms with Crippen molar-refractivity contribution in [2.45, 2.75) is 5.62 Å². The second-order valence-corrected chi connectivity index (χ2v) is 2.91. The first-order valence-electron chi connectivity index (χ1n) is 3.57. The molecule has 0 aliphatic carbocycles. The molecule has 1 aliphatic heterocycles. The molecule has 5 nitrogen and oxygen atoms in total. The van der Waals surface area contributed by atoms with Crippen molar-refractivity contribution in [3.8, 4) is 0 Å². The number of carbonyl (C=O) groups is 1. The molecule has 2 N–H and O–H groups in total. The average molecular weight is 200 g/mol. The van der Waals surface area contributed by atoms with Gasteiger partial charge < -0.3 is 10.1 Å². The Morgan fingerprint density at radius 2 is 2.54 bits per heavy atom. The van der Waals surface area contributed by atoms with E-state index in [-0.39, 0.29) is 0 Å². The Morgan fingerprint density at radius 3 is 3.23 bits per heavy atom. The summed E-state index contributed by atoms with van der Waals surface area (Å²) in [6, 6.07) is 1.73. The van der Waals surface area contributed by atoms with Crippen molar-refractivity contribution >= 4 is 29.7 Å². The highest BCUT2D eigenvalue weighted by molar-refractivity contribution is 6.25. The Labute approximate surface area is 78.6 Å². The number of nitrogens with zero attached hydrogens (tertiary/aromatic N) is 2. The summed E-state index contributed by atoms with van der Waals surface area (Å²) in [6.45, 7) is 0. The van der Waals surface area contributed by atoms with Gasteiger partial charge in [0.25, 0.3) is 0 Å². The van der Waals surface area contributed by atoms with Gasteiger partial charge in [0.15, 0.2) is 0 Å². The average Bonchev–Trinajstić information content (AvgIpc) is 2.50. The maximum atomic E-state index is 10.8. The number of nitrogens with one attached hydrogen (secondary N) is 1. The van der Waals surface area contributed by atoms with Crippen molar-refractivity contribution in [1.29, 1.82) is 0 Å².